The maximum atomic E-state index is 13.5. The number of thioether (sulfide) groups is 1. The predicted molar refractivity (Wildman–Crippen MR) is 74.2 cm³/mol. The summed E-state index contributed by atoms with van der Waals surface area (Å²) in [7, 11) is 0. The van der Waals surface area contributed by atoms with Crippen LogP contribution in [0, 0.1) is 11.7 Å². The number of benzene rings is 1. The summed E-state index contributed by atoms with van der Waals surface area (Å²) in [6.07, 6.45) is 1.77. The van der Waals surface area contributed by atoms with Gasteiger partial charge in [-0.05, 0) is 48.5 Å². The van der Waals surface area contributed by atoms with E-state index in [1.807, 2.05) is 23.9 Å². The second-order valence-electron chi connectivity index (χ2n) is 4.68. The maximum Gasteiger partial charge on any atom is 0.124 e. The van der Waals surface area contributed by atoms with Gasteiger partial charge in [0.1, 0.15) is 5.82 Å². The van der Waals surface area contributed by atoms with Crippen molar-refractivity contribution in [2.45, 2.75) is 5.75 Å². The van der Waals surface area contributed by atoms with Gasteiger partial charge in [0.15, 0.2) is 0 Å². The molecule has 18 heavy (non-hydrogen) atoms. The summed E-state index contributed by atoms with van der Waals surface area (Å²) < 4.78 is 13.5. The largest absolute Gasteiger partial charge is 0.316 e. The van der Waals surface area contributed by atoms with Gasteiger partial charge in [-0.2, -0.15) is 11.8 Å². The number of nitrogens with zero attached hydrogens (tertiary/aromatic N) is 1. The number of pyridine rings is 1. The van der Waals surface area contributed by atoms with Gasteiger partial charge in [-0.1, -0.05) is 6.07 Å². The molecular formula is C14H15FN2S. The normalized spacial score (nSPS) is 15.8. The van der Waals surface area contributed by atoms with Crippen LogP contribution in [0.3, 0.4) is 0 Å². The maximum absolute atomic E-state index is 13.5. The Morgan fingerprint density at radius 3 is 3.06 bits per heavy atom. The molecule has 94 valence electrons. The highest BCUT2D eigenvalue weighted by molar-refractivity contribution is 7.98. The van der Waals surface area contributed by atoms with Crippen LogP contribution in [0.1, 0.15) is 5.56 Å². The summed E-state index contributed by atoms with van der Waals surface area (Å²) in [6.45, 7) is 2.24. The molecule has 2 heterocycles. The van der Waals surface area contributed by atoms with Crippen molar-refractivity contribution in [1.82, 2.24) is 10.3 Å². The molecule has 1 fully saturated rings. The fourth-order valence-electron chi connectivity index (χ4n) is 2.14. The second-order valence-corrected chi connectivity index (χ2v) is 5.71. The first-order valence-electron chi connectivity index (χ1n) is 6.14. The van der Waals surface area contributed by atoms with Crippen LogP contribution in [-0.2, 0) is 5.75 Å². The van der Waals surface area contributed by atoms with Crippen LogP contribution in [0.5, 0.6) is 0 Å². The first-order chi connectivity index (χ1) is 8.83. The van der Waals surface area contributed by atoms with Crippen LogP contribution in [0.25, 0.3) is 10.9 Å². The molecule has 2 aromatic rings. The van der Waals surface area contributed by atoms with E-state index in [-0.39, 0.29) is 5.82 Å². The van der Waals surface area contributed by atoms with E-state index in [1.165, 1.54) is 0 Å². The lowest BCUT2D eigenvalue weighted by Gasteiger charge is -2.26. The van der Waals surface area contributed by atoms with Gasteiger partial charge in [0.25, 0.3) is 0 Å². The summed E-state index contributed by atoms with van der Waals surface area (Å²) in [5.74, 6) is 2.58. The number of hydrogen-bond donors (Lipinski definition) is 1. The summed E-state index contributed by atoms with van der Waals surface area (Å²) in [5.41, 5.74) is 1.93. The second kappa shape index (κ2) is 5.24. The average Bonchev–Trinajstić information content (AvgIpc) is 2.32. The monoisotopic (exact) mass is 262 g/mol. The Morgan fingerprint density at radius 2 is 2.28 bits per heavy atom. The number of hydrogen-bond acceptors (Lipinski definition) is 3. The molecule has 0 unspecified atom stereocenters. The molecule has 1 N–H and O–H groups in total. The molecule has 0 radical (unpaired) electrons. The quantitative estimate of drug-likeness (QED) is 0.917. The van der Waals surface area contributed by atoms with Crippen molar-refractivity contribution >= 4 is 22.7 Å². The zero-order chi connectivity index (χ0) is 12.4. The van der Waals surface area contributed by atoms with Crippen molar-refractivity contribution in [3.05, 3.63) is 41.8 Å². The van der Waals surface area contributed by atoms with E-state index in [1.54, 1.807) is 18.3 Å². The molecule has 0 saturated carbocycles. The Labute approximate surface area is 110 Å². The molecular weight excluding hydrogens is 247 g/mol. The number of nitrogens with one attached hydrogen (secondary N) is 1. The molecule has 0 spiro atoms. The number of fused-ring (bicyclic) bond motifs is 1. The van der Waals surface area contributed by atoms with Gasteiger partial charge in [0.05, 0.1) is 5.52 Å². The molecule has 4 heteroatoms. The van der Waals surface area contributed by atoms with Crippen LogP contribution in [-0.4, -0.2) is 23.8 Å². The zero-order valence-electron chi connectivity index (χ0n) is 10.0. The minimum Gasteiger partial charge on any atom is -0.316 e. The van der Waals surface area contributed by atoms with Crippen LogP contribution >= 0.6 is 11.8 Å². The lowest BCUT2D eigenvalue weighted by molar-refractivity contribution is 0.385. The summed E-state index contributed by atoms with van der Waals surface area (Å²) in [4.78, 5) is 4.36. The van der Waals surface area contributed by atoms with E-state index < -0.39 is 0 Å². The van der Waals surface area contributed by atoms with Gasteiger partial charge in [0, 0.05) is 17.3 Å². The molecule has 1 aromatic heterocycles. The molecule has 1 aliphatic heterocycles. The van der Waals surface area contributed by atoms with Crippen molar-refractivity contribution in [1.29, 1.82) is 0 Å². The van der Waals surface area contributed by atoms with E-state index in [9.17, 15) is 4.39 Å². The Kier molecular flexibility index (Phi) is 3.48. The van der Waals surface area contributed by atoms with Crippen molar-refractivity contribution in [3.63, 3.8) is 0 Å². The van der Waals surface area contributed by atoms with E-state index in [0.29, 0.717) is 0 Å². The SMILES string of the molecule is Fc1cc(CSCC2CNC2)c2ncccc2c1. The van der Waals surface area contributed by atoms with E-state index in [0.717, 1.165) is 47.0 Å². The van der Waals surface area contributed by atoms with Gasteiger partial charge in [-0.15, -0.1) is 0 Å². The zero-order valence-corrected chi connectivity index (χ0v) is 10.8. The number of halogens is 1. The first-order valence-corrected chi connectivity index (χ1v) is 7.30. The van der Waals surface area contributed by atoms with Crippen molar-refractivity contribution in [2.24, 2.45) is 5.92 Å². The van der Waals surface area contributed by atoms with Crippen molar-refractivity contribution in [2.75, 3.05) is 18.8 Å². The molecule has 0 aliphatic carbocycles. The minimum absolute atomic E-state index is 0.170. The van der Waals surface area contributed by atoms with Crippen LogP contribution in [0.2, 0.25) is 0 Å². The average molecular weight is 262 g/mol. The highest BCUT2D eigenvalue weighted by Gasteiger charge is 2.16. The third kappa shape index (κ3) is 2.49. The third-order valence-corrected chi connectivity index (χ3v) is 4.45. The summed E-state index contributed by atoms with van der Waals surface area (Å²) in [5, 5.41) is 4.15. The Hall–Kier alpha value is -1.13. The van der Waals surface area contributed by atoms with Crippen LogP contribution in [0.4, 0.5) is 4.39 Å². The summed E-state index contributed by atoms with van der Waals surface area (Å²) >= 11 is 1.87. The Balaban J connectivity index is 1.77. The summed E-state index contributed by atoms with van der Waals surface area (Å²) in [6, 6.07) is 6.92. The molecule has 1 aliphatic rings. The van der Waals surface area contributed by atoms with E-state index >= 15 is 0 Å². The van der Waals surface area contributed by atoms with Gasteiger partial charge < -0.3 is 5.32 Å². The number of rotatable bonds is 4. The molecule has 1 saturated heterocycles. The Bertz CT molecular complexity index is 554. The Morgan fingerprint density at radius 1 is 1.39 bits per heavy atom. The third-order valence-electron chi connectivity index (χ3n) is 3.23. The van der Waals surface area contributed by atoms with Crippen LogP contribution in [0.15, 0.2) is 30.5 Å². The number of aromatic nitrogens is 1. The smallest absolute Gasteiger partial charge is 0.124 e. The predicted octanol–water partition coefficient (Wildman–Crippen LogP) is 2.83. The fraction of sp³-hybridized carbons (Fsp3) is 0.357. The van der Waals surface area contributed by atoms with Gasteiger partial charge >= 0.3 is 0 Å². The van der Waals surface area contributed by atoms with Gasteiger partial charge in [0.2, 0.25) is 0 Å². The lowest BCUT2D eigenvalue weighted by atomic mass is 10.1. The van der Waals surface area contributed by atoms with Gasteiger partial charge in [-0.25, -0.2) is 4.39 Å². The topological polar surface area (TPSA) is 24.9 Å². The van der Waals surface area contributed by atoms with Gasteiger partial charge in [-0.3, -0.25) is 4.98 Å². The minimum atomic E-state index is -0.170. The molecule has 3 rings (SSSR count). The highest BCUT2D eigenvalue weighted by atomic mass is 32.2. The highest BCUT2D eigenvalue weighted by Crippen LogP contribution is 2.24. The molecule has 1 aromatic carbocycles. The first kappa shape index (κ1) is 11.9. The lowest BCUT2D eigenvalue weighted by Crippen LogP contribution is -2.43. The van der Waals surface area contributed by atoms with Crippen molar-refractivity contribution < 1.29 is 4.39 Å². The molecule has 0 atom stereocenters. The molecule has 2 nitrogen and oxygen atoms in total. The molecule has 0 amide bonds. The molecule has 0 bridgehead atoms. The standard InChI is InChI=1S/C14H15FN2S/c15-13-4-11-2-1-3-17-14(11)12(5-13)9-18-8-10-6-16-7-10/h1-5,10,16H,6-9H2. The van der Waals surface area contributed by atoms with Crippen molar-refractivity contribution in [3.8, 4) is 0 Å². The fourth-order valence-corrected chi connectivity index (χ4v) is 3.27. The van der Waals surface area contributed by atoms with E-state index in [2.05, 4.69) is 10.3 Å². The van der Waals surface area contributed by atoms with Crippen LogP contribution < -0.4 is 5.32 Å². The van der Waals surface area contributed by atoms with E-state index in [4.69, 9.17) is 0 Å².